The summed E-state index contributed by atoms with van der Waals surface area (Å²) < 4.78 is 1.97. The fourth-order valence-electron chi connectivity index (χ4n) is 3.97. The van der Waals surface area contributed by atoms with Gasteiger partial charge in [-0.15, -0.1) is 0 Å². The van der Waals surface area contributed by atoms with Gasteiger partial charge in [-0.25, -0.2) is 34.9 Å². The Labute approximate surface area is 340 Å². The first-order valence-corrected chi connectivity index (χ1v) is 17.4. The number of nitrogen functional groups attached to an aromatic ring is 3. The van der Waals surface area contributed by atoms with Gasteiger partial charge >= 0.3 is 0 Å². The fourth-order valence-corrected chi connectivity index (χ4v) is 4.97. The molecule has 0 radical (unpaired) electrons. The Morgan fingerprint density at radius 1 is 0.566 bits per heavy atom. The van der Waals surface area contributed by atoms with Crippen molar-refractivity contribution in [2.24, 2.45) is 0 Å². The van der Waals surface area contributed by atoms with E-state index in [4.69, 9.17) is 98.4 Å². The SMILES string of the molecule is C.CCc1nc2c(Cl)ncnc2n1-c1ccc(Cl)cc1.Nc1c(Cl)ncnc1Cl.Nc1c(Cl)ncnc1Nc1ccc(Cl)cc1.Nc1ccc(Cl)cc1. The van der Waals surface area contributed by atoms with Gasteiger partial charge in [0, 0.05) is 38.6 Å². The number of rotatable bonds is 4. The van der Waals surface area contributed by atoms with E-state index in [-0.39, 0.29) is 28.6 Å². The number of nitrogens with zero attached hydrogens (tertiary/aromatic N) is 8. The van der Waals surface area contributed by atoms with E-state index < -0.39 is 0 Å². The quantitative estimate of drug-likeness (QED) is 0.0975. The lowest BCUT2D eigenvalue weighted by molar-refractivity contribution is 0.901. The summed E-state index contributed by atoms with van der Waals surface area (Å²) in [5.74, 6) is 1.36. The number of aryl methyl sites for hydroxylation is 1. The fraction of sp³-hybridized carbons (Fsp3) is 0.0882. The minimum Gasteiger partial charge on any atom is -0.399 e. The number of imidazole rings is 1. The Bertz CT molecular complexity index is 2180. The number of nitrogens with two attached hydrogens (primary N) is 3. The van der Waals surface area contributed by atoms with Crippen LogP contribution in [0, 0.1) is 0 Å². The molecule has 53 heavy (non-hydrogen) atoms. The minimum atomic E-state index is 0. The monoisotopic (exact) mass is 852 g/mol. The lowest BCUT2D eigenvalue weighted by Gasteiger charge is -2.08. The summed E-state index contributed by atoms with van der Waals surface area (Å²) in [6, 6.07) is 21.8. The number of nitrogens with one attached hydrogen (secondary N) is 1. The molecule has 0 saturated carbocycles. The van der Waals surface area contributed by atoms with E-state index in [0.717, 1.165) is 34.3 Å². The molecule has 0 atom stereocenters. The molecule has 12 nitrogen and oxygen atoms in total. The van der Waals surface area contributed by atoms with E-state index in [1.54, 1.807) is 36.4 Å². The van der Waals surface area contributed by atoms with Gasteiger partial charge < -0.3 is 22.5 Å². The van der Waals surface area contributed by atoms with Crippen molar-refractivity contribution >= 4 is 121 Å². The number of hydrogen-bond acceptors (Lipinski definition) is 11. The van der Waals surface area contributed by atoms with E-state index >= 15 is 0 Å². The molecule has 3 aromatic carbocycles. The summed E-state index contributed by atoms with van der Waals surface area (Å²) in [4.78, 5) is 27.7. The largest absolute Gasteiger partial charge is 0.399 e. The topological polar surface area (TPSA) is 185 Å². The molecule has 276 valence electrons. The average molecular weight is 856 g/mol. The maximum atomic E-state index is 6.06. The third kappa shape index (κ3) is 12.3. The van der Waals surface area contributed by atoms with Crippen molar-refractivity contribution in [1.82, 2.24) is 39.5 Å². The van der Waals surface area contributed by atoms with Crippen LogP contribution in [0.5, 0.6) is 0 Å². The highest BCUT2D eigenvalue weighted by molar-refractivity contribution is 6.37. The zero-order chi connectivity index (χ0) is 37.8. The Morgan fingerprint density at radius 3 is 1.53 bits per heavy atom. The summed E-state index contributed by atoms with van der Waals surface area (Å²) in [7, 11) is 0. The summed E-state index contributed by atoms with van der Waals surface area (Å²) >= 11 is 40.0. The van der Waals surface area contributed by atoms with Crippen molar-refractivity contribution in [3.8, 4) is 5.69 Å². The molecule has 0 spiro atoms. The molecule has 0 amide bonds. The van der Waals surface area contributed by atoms with Gasteiger partial charge in [-0.05, 0) is 72.8 Å². The predicted octanol–water partition coefficient (Wildman–Crippen LogP) is 10.7. The van der Waals surface area contributed by atoms with Gasteiger partial charge in [0.05, 0.1) is 0 Å². The Morgan fingerprint density at radius 2 is 1.02 bits per heavy atom. The van der Waals surface area contributed by atoms with Crippen LogP contribution in [0.1, 0.15) is 20.2 Å². The Balaban J connectivity index is 0.000000201. The Kier molecular flexibility index (Phi) is 16.8. The van der Waals surface area contributed by atoms with Crippen LogP contribution in [0.2, 0.25) is 35.7 Å². The van der Waals surface area contributed by atoms with Gasteiger partial charge in [0.25, 0.3) is 0 Å². The predicted molar refractivity (Wildman–Crippen MR) is 221 cm³/mol. The highest BCUT2D eigenvalue weighted by Gasteiger charge is 2.15. The second kappa shape index (κ2) is 20.7. The standard InChI is InChI=1S/C13H10Cl2N4.C10H8Cl2N4.C6H6ClN.C4H3Cl2N3.CH4/c1-2-10-18-11-12(15)16-7-17-13(11)19(10)9-5-3-8(14)4-6-9;11-6-1-3-7(4-2-6)16-10-8(13)9(12)14-5-15-10;7-5-1-3-6(8)4-2-5;5-3-2(7)4(6)9-1-8-3;/h3-7H,2H2,1H3;1-5H,13H2,(H,14,15,16);1-4H,8H2;1H,7H2;1H4. The number of benzene rings is 3. The summed E-state index contributed by atoms with van der Waals surface area (Å²) in [5.41, 5.74) is 20.8. The molecule has 0 fully saturated rings. The number of halogens is 7. The molecule has 4 heterocycles. The maximum Gasteiger partial charge on any atom is 0.169 e. The first kappa shape index (κ1) is 43.0. The van der Waals surface area contributed by atoms with Crippen molar-refractivity contribution in [2.75, 3.05) is 22.5 Å². The van der Waals surface area contributed by atoms with Crippen LogP contribution in [0.3, 0.4) is 0 Å². The molecular weight excluding hydrogens is 825 g/mol. The van der Waals surface area contributed by atoms with Crippen LogP contribution in [-0.2, 0) is 6.42 Å². The highest BCUT2D eigenvalue weighted by Crippen LogP contribution is 2.27. The van der Waals surface area contributed by atoms with Gasteiger partial charge in [0.2, 0.25) is 0 Å². The van der Waals surface area contributed by atoms with E-state index in [0.29, 0.717) is 37.9 Å². The third-order valence-electron chi connectivity index (χ3n) is 6.47. The molecule has 0 saturated heterocycles. The van der Waals surface area contributed by atoms with Gasteiger partial charge in [-0.2, -0.15) is 0 Å². The van der Waals surface area contributed by atoms with Crippen LogP contribution in [0.25, 0.3) is 16.9 Å². The highest BCUT2D eigenvalue weighted by atomic mass is 35.5. The van der Waals surface area contributed by atoms with Crippen LogP contribution in [0.4, 0.5) is 28.6 Å². The molecule has 19 heteroatoms. The van der Waals surface area contributed by atoms with E-state index in [2.05, 4.69) is 40.2 Å². The van der Waals surface area contributed by atoms with Gasteiger partial charge in [-0.3, -0.25) is 4.57 Å². The van der Waals surface area contributed by atoms with Gasteiger partial charge in [0.1, 0.15) is 41.7 Å². The van der Waals surface area contributed by atoms with E-state index in [1.165, 1.54) is 19.0 Å². The van der Waals surface area contributed by atoms with Crippen molar-refractivity contribution in [2.45, 2.75) is 20.8 Å². The van der Waals surface area contributed by atoms with Crippen LogP contribution in [0.15, 0.2) is 91.8 Å². The second-order valence-electron chi connectivity index (χ2n) is 10.0. The zero-order valence-electron chi connectivity index (χ0n) is 26.8. The van der Waals surface area contributed by atoms with E-state index in [1.807, 2.05) is 47.9 Å². The molecule has 0 unspecified atom stereocenters. The van der Waals surface area contributed by atoms with Gasteiger partial charge in [-0.1, -0.05) is 95.6 Å². The smallest absolute Gasteiger partial charge is 0.169 e. The Hall–Kier alpha value is -4.40. The first-order chi connectivity index (χ1) is 24.9. The summed E-state index contributed by atoms with van der Waals surface area (Å²) in [5, 5.41) is 6.08. The molecular formula is C34H31Cl7N12. The molecule has 7 rings (SSSR count). The molecule has 7 N–H and O–H groups in total. The molecule has 0 bridgehead atoms. The normalized spacial score (nSPS) is 10.0. The van der Waals surface area contributed by atoms with Crippen LogP contribution in [-0.4, -0.2) is 39.5 Å². The van der Waals surface area contributed by atoms with Crippen molar-refractivity contribution in [1.29, 1.82) is 0 Å². The number of anilines is 5. The zero-order valence-corrected chi connectivity index (χ0v) is 32.1. The molecule has 0 aliphatic rings. The summed E-state index contributed by atoms with van der Waals surface area (Å²) in [6.45, 7) is 2.04. The summed E-state index contributed by atoms with van der Waals surface area (Å²) in [6.07, 6.45) is 4.81. The number of hydrogen-bond donors (Lipinski definition) is 4. The third-order valence-corrected chi connectivity index (χ3v) is 8.41. The number of fused-ring (bicyclic) bond motifs is 1. The molecule has 0 aliphatic heterocycles. The van der Waals surface area contributed by atoms with E-state index in [9.17, 15) is 0 Å². The lowest BCUT2D eigenvalue weighted by Crippen LogP contribution is -2.00. The lowest BCUT2D eigenvalue weighted by atomic mass is 10.3. The minimum absolute atomic E-state index is 0. The number of aromatic nitrogens is 8. The molecule has 0 aliphatic carbocycles. The second-order valence-corrected chi connectivity index (χ2v) is 12.8. The maximum absolute atomic E-state index is 6.06. The van der Waals surface area contributed by atoms with Crippen molar-refractivity contribution < 1.29 is 0 Å². The van der Waals surface area contributed by atoms with Crippen molar-refractivity contribution in [3.05, 3.63) is 133 Å². The van der Waals surface area contributed by atoms with Gasteiger partial charge in [0.15, 0.2) is 32.1 Å². The molecule has 7 aromatic rings. The average Bonchev–Trinajstić information content (AvgIpc) is 3.53. The van der Waals surface area contributed by atoms with Crippen LogP contribution >= 0.6 is 81.2 Å². The van der Waals surface area contributed by atoms with Crippen LogP contribution < -0.4 is 22.5 Å². The molecule has 4 aromatic heterocycles. The first-order valence-electron chi connectivity index (χ1n) is 14.7. The van der Waals surface area contributed by atoms with Crippen molar-refractivity contribution in [3.63, 3.8) is 0 Å².